The van der Waals surface area contributed by atoms with Crippen molar-refractivity contribution in [2.24, 2.45) is 0 Å². The quantitative estimate of drug-likeness (QED) is 0.0765. The van der Waals surface area contributed by atoms with E-state index in [1.165, 1.54) is 5.55 Å². The van der Waals surface area contributed by atoms with Crippen molar-refractivity contribution in [2.75, 3.05) is 6.54 Å². The van der Waals surface area contributed by atoms with Crippen molar-refractivity contribution in [1.29, 1.82) is 0 Å². The summed E-state index contributed by atoms with van der Waals surface area (Å²) in [4.78, 5) is 32.6. The fourth-order valence-corrected chi connectivity index (χ4v) is 6.91. The van der Waals surface area contributed by atoms with E-state index in [4.69, 9.17) is 26.7 Å². The summed E-state index contributed by atoms with van der Waals surface area (Å²) in [5.41, 5.74) is 5.27. The number of thiocarbonyl (C=S) groups is 1. The molecule has 6 rings (SSSR count). The van der Waals surface area contributed by atoms with Crippen LogP contribution in [-0.4, -0.2) is 76.0 Å². The van der Waals surface area contributed by atoms with Crippen LogP contribution in [0.2, 0.25) is 0 Å². The Balaban J connectivity index is 1.32. The predicted octanol–water partition coefficient (Wildman–Crippen LogP) is 6.99. The third-order valence-corrected chi connectivity index (χ3v) is 9.34. The lowest BCUT2D eigenvalue weighted by molar-refractivity contribution is -0.795. The summed E-state index contributed by atoms with van der Waals surface area (Å²) >= 11 is 4.75. The van der Waals surface area contributed by atoms with E-state index in [2.05, 4.69) is 27.5 Å². The molecule has 12 nitrogen and oxygen atoms in total. The van der Waals surface area contributed by atoms with Gasteiger partial charge in [0.1, 0.15) is 24.1 Å². The summed E-state index contributed by atoms with van der Waals surface area (Å²) in [7, 11) is 0. The number of carbonyl (C=O) groups is 2. The molecule has 13 heteroatoms. The topological polar surface area (TPSA) is 145 Å². The van der Waals surface area contributed by atoms with E-state index in [0.717, 1.165) is 47.9 Å². The van der Waals surface area contributed by atoms with Crippen molar-refractivity contribution in [3.63, 3.8) is 0 Å². The van der Waals surface area contributed by atoms with E-state index in [0.29, 0.717) is 35.7 Å². The van der Waals surface area contributed by atoms with E-state index >= 15 is 0 Å². The lowest BCUT2D eigenvalue weighted by Crippen LogP contribution is -2.61. The number of H-pyrrole nitrogens is 1. The van der Waals surface area contributed by atoms with Crippen molar-refractivity contribution in [2.45, 2.75) is 70.6 Å². The molecule has 248 valence electrons. The lowest BCUT2D eigenvalue weighted by Gasteiger charge is -2.33. The number of unbranched alkanes of at least 4 members (excludes halogenated alkanes) is 3. The summed E-state index contributed by atoms with van der Waals surface area (Å²) in [6.07, 6.45) is 4.74. The van der Waals surface area contributed by atoms with Crippen molar-refractivity contribution in [3.05, 3.63) is 73.1 Å². The van der Waals surface area contributed by atoms with Gasteiger partial charge in [0.2, 0.25) is 5.82 Å². The van der Waals surface area contributed by atoms with Gasteiger partial charge in [0.25, 0.3) is 0 Å². The highest BCUT2D eigenvalue weighted by Gasteiger charge is 2.59. The Kier molecular flexibility index (Phi) is 9.88. The Hall–Kier alpha value is -5.01. The van der Waals surface area contributed by atoms with Gasteiger partial charge >= 0.3 is 12.0 Å². The molecule has 1 aliphatic heterocycles. The highest BCUT2D eigenvalue weighted by Crippen LogP contribution is 2.37. The zero-order chi connectivity index (χ0) is 33.7. The number of likely N-dealkylation sites (tertiary alicyclic amines) is 1. The number of tetrazole rings is 1. The van der Waals surface area contributed by atoms with Gasteiger partial charge in [0, 0.05) is 12.0 Å². The summed E-state index contributed by atoms with van der Waals surface area (Å²) in [6, 6.07) is 19.4. The summed E-state index contributed by atoms with van der Waals surface area (Å²) in [5.74, 6) is 1.25. The van der Waals surface area contributed by atoms with Gasteiger partial charge < -0.3 is 19.1 Å². The number of fused-ring (bicyclic) bond motifs is 1. The van der Waals surface area contributed by atoms with Gasteiger partial charge in [-0.25, -0.2) is 9.78 Å². The minimum atomic E-state index is -1.17. The summed E-state index contributed by atoms with van der Waals surface area (Å²) in [6.45, 7) is 3.97. The van der Waals surface area contributed by atoms with Crippen LogP contribution in [0.15, 0.2) is 73.1 Å². The van der Waals surface area contributed by atoms with Crippen LogP contribution < -0.4 is 9.47 Å². The molecule has 1 unspecified atom stereocenters. The number of aromatic nitrogens is 6. The van der Waals surface area contributed by atoms with Crippen molar-refractivity contribution >= 4 is 40.8 Å². The molecule has 2 amide bonds. The number of imidazole rings is 1. The molecular formula is C35H38N7O5S+. The molecule has 2 aromatic heterocycles. The Morgan fingerprint density at radius 1 is 1.08 bits per heavy atom. The van der Waals surface area contributed by atoms with E-state index in [-0.39, 0.29) is 12.5 Å². The number of amides is 2. The predicted molar refractivity (Wildman–Crippen MR) is 184 cm³/mol. The summed E-state index contributed by atoms with van der Waals surface area (Å²) in [5, 5.41) is 25.3. The maximum atomic E-state index is 14.7. The minimum absolute atomic E-state index is 0.0165. The minimum Gasteiger partial charge on any atom is -0.484 e. The number of hydrogen-bond donors (Lipinski definition) is 2. The van der Waals surface area contributed by atoms with Crippen LogP contribution in [0.25, 0.3) is 33.5 Å². The zero-order valence-corrected chi connectivity index (χ0v) is 27.7. The molecule has 48 heavy (non-hydrogen) atoms. The molecule has 0 saturated carbocycles. The number of benzene rings is 3. The average molecular weight is 669 g/mol. The number of nitrogens with zero attached hydrogens (tertiary/aromatic N) is 6. The highest BCUT2D eigenvalue weighted by molar-refractivity contribution is 7.78. The number of quaternary nitrogens is 1. The first-order valence-electron chi connectivity index (χ1n) is 16.2. The molecule has 0 bridgehead atoms. The number of aromatic amines is 1. The van der Waals surface area contributed by atoms with Gasteiger partial charge in [-0.05, 0) is 78.3 Å². The highest BCUT2D eigenvalue weighted by atomic mass is 32.1. The van der Waals surface area contributed by atoms with Crippen LogP contribution in [0, 0.1) is 0 Å². The Labute approximate surface area is 283 Å². The molecule has 4 atom stereocenters. The van der Waals surface area contributed by atoms with Crippen LogP contribution in [0.4, 0.5) is 4.79 Å². The van der Waals surface area contributed by atoms with Crippen LogP contribution in [-0.2, 0) is 4.79 Å². The second-order valence-electron chi connectivity index (χ2n) is 12.2. The fraction of sp³-hybridized carbons (Fsp3) is 0.343. The first-order chi connectivity index (χ1) is 23.3. The van der Waals surface area contributed by atoms with Crippen LogP contribution in [0.5, 0.6) is 11.5 Å². The molecule has 3 heterocycles. The third kappa shape index (κ3) is 6.43. The largest absolute Gasteiger partial charge is 0.521 e. The number of carbonyl (C=O) groups excluding carboxylic acids is 1. The zero-order valence-electron chi connectivity index (χ0n) is 26.9. The number of rotatable bonds is 13. The van der Waals surface area contributed by atoms with Crippen molar-refractivity contribution < 1.29 is 28.7 Å². The van der Waals surface area contributed by atoms with Gasteiger partial charge in [-0.15, -0.1) is 10.2 Å². The Bertz CT molecular complexity index is 1900. The normalized spacial score (nSPS) is 19.6. The number of imide groups is 1. The number of hydrogen-bond acceptors (Lipinski definition) is 9. The van der Waals surface area contributed by atoms with Crippen molar-refractivity contribution in [3.8, 4) is 34.0 Å². The molecule has 1 aliphatic rings. The van der Waals surface area contributed by atoms with Crippen LogP contribution in [0.1, 0.15) is 58.4 Å². The maximum Gasteiger partial charge on any atom is 0.521 e. The number of nitrogens with one attached hydrogen (secondary N) is 1. The second kappa shape index (κ2) is 14.4. The molecule has 0 radical (unpaired) electrons. The van der Waals surface area contributed by atoms with Gasteiger partial charge in [0.15, 0.2) is 17.7 Å². The standard InChI is InChI=1S/C35H37N7O5S/c1-3-4-5-6-11-32(34(43)42(35(44)45)20-27(18-23(42)2)47-26-15-13-25(14-16-26)46-22-48)41-21-36-30-19-24(12-17-31(30)41)28-9-7-8-10-29(28)33-37-39-40-38-33/h7-10,12-17,19,21-23,27,32H,3-6,11,18,20H2,1-2H3,(H-,37,38,39,40,44,45)/p+1/t23-,27-,32?,42-/m1/s1. The molecule has 0 aliphatic carbocycles. The van der Waals surface area contributed by atoms with Crippen LogP contribution >= 0.6 is 12.2 Å². The average Bonchev–Trinajstić information content (AvgIpc) is 3.85. The summed E-state index contributed by atoms with van der Waals surface area (Å²) < 4.78 is 12.6. The van der Waals surface area contributed by atoms with E-state index in [1.807, 2.05) is 54.0 Å². The van der Waals surface area contributed by atoms with E-state index in [9.17, 15) is 14.7 Å². The van der Waals surface area contributed by atoms with Gasteiger partial charge in [-0.2, -0.15) is 14.5 Å². The van der Waals surface area contributed by atoms with Gasteiger partial charge in [-0.1, -0.05) is 62.9 Å². The van der Waals surface area contributed by atoms with Crippen LogP contribution in [0.3, 0.4) is 0 Å². The molecule has 1 fully saturated rings. The fourth-order valence-electron chi connectivity index (χ4n) is 6.80. The maximum absolute atomic E-state index is 14.7. The molecule has 2 N–H and O–H groups in total. The molecule has 0 spiro atoms. The number of ether oxygens (including phenoxy) is 2. The van der Waals surface area contributed by atoms with E-state index < -0.39 is 28.8 Å². The third-order valence-electron chi connectivity index (χ3n) is 9.24. The van der Waals surface area contributed by atoms with Gasteiger partial charge in [0.05, 0.1) is 17.4 Å². The van der Waals surface area contributed by atoms with E-state index in [1.54, 1.807) is 30.6 Å². The first kappa shape index (κ1) is 32.9. The molecule has 3 aromatic carbocycles. The molecule has 5 aromatic rings. The molecular weight excluding hydrogens is 630 g/mol. The Morgan fingerprint density at radius 3 is 2.56 bits per heavy atom. The first-order valence-corrected chi connectivity index (χ1v) is 16.6. The smallest absolute Gasteiger partial charge is 0.484 e. The monoisotopic (exact) mass is 668 g/mol. The Morgan fingerprint density at radius 2 is 1.85 bits per heavy atom. The van der Waals surface area contributed by atoms with Crippen molar-refractivity contribution in [1.82, 2.24) is 30.2 Å². The van der Waals surface area contributed by atoms with Gasteiger partial charge in [-0.3, -0.25) is 0 Å². The second-order valence-corrected chi connectivity index (χ2v) is 12.4. The number of carboxylic acid groups (broad SMARTS) is 1. The molecule has 1 saturated heterocycles. The lowest BCUT2D eigenvalue weighted by atomic mass is 9.98. The SMILES string of the molecule is CCCCCCC(C(=O)[N@@+]1(C(=O)O)C[C@H](Oc2ccc(OC=S)cc2)C[C@H]1C)n1cnc2cc(-c3ccccc3-c3nn[nH]n3)ccc21.